The van der Waals surface area contributed by atoms with E-state index in [2.05, 4.69) is 10.3 Å². The van der Waals surface area contributed by atoms with Crippen LogP contribution in [0.4, 0.5) is 10.8 Å². The highest BCUT2D eigenvalue weighted by molar-refractivity contribution is 8.00. The molecule has 9 heteroatoms. The molecule has 0 unspecified atom stereocenters. The molecule has 0 fully saturated rings. The molecular weight excluding hydrogens is 394 g/mol. The summed E-state index contributed by atoms with van der Waals surface area (Å²) in [6.45, 7) is 0. The van der Waals surface area contributed by atoms with Crippen LogP contribution in [0.1, 0.15) is 0 Å². The Morgan fingerprint density at radius 2 is 1.96 bits per heavy atom. The highest BCUT2D eigenvalue weighted by atomic mass is 35.5. The number of hydrogen-bond donors (Lipinski definition) is 1. The van der Waals surface area contributed by atoms with Crippen LogP contribution in [0.2, 0.25) is 5.02 Å². The zero-order valence-electron chi connectivity index (χ0n) is 13.2. The molecule has 3 rings (SSSR count). The van der Waals surface area contributed by atoms with Crippen molar-refractivity contribution in [3.8, 4) is 11.3 Å². The number of hydrogen-bond acceptors (Lipinski definition) is 6. The first-order valence-electron chi connectivity index (χ1n) is 7.40. The highest BCUT2D eigenvalue weighted by Crippen LogP contribution is 2.30. The first-order valence-corrected chi connectivity index (χ1v) is 9.65. The number of amides is 1. The summed E-state index contributed by atoms with van der Waals surface area (Å²) in [6, 6.07) is 13.4. The minimum atomic E-state index is -0.458. The van der Waals surface area contributed by atoms with Gasteiger partial charge in [-0.25, -0.2) is 4.98 Å². The zero-order chi connectivity index (χ0) is 18.5. The third kappa shape index (κ3) is 4.60. The van der Waals surface area contributed by atoms with Crippen LogP contribution in [0.15, 0.2) is 58.8 Å². The molecule has 0 aliphatic carbocycles. The van der Waals surface area contributed by atoms with Gasteiger partial charge < -0.3 is 5.32 Å². The molecule has 1 aromatic heterocycles. The van der Waals surface area contributed by atoms with Crippen molar-refractivity contribution in [1.29, 1.82) is 0 Å². The first kappa shape index (κ1) is 18.4. The van der Waals surface area contributed by atoms with Gasteiger partial charge in [0.25, 0.3) is 5.69 Å². The van der Waals surface area contributed by atoms with Crippen LogP contribution in [0.25, 0.3) is 11.3 Å². The summed E-state index contributed by atoms with van der Waals surface area (Å²) in [5.74, 6) is -0.0212. The molecule has 1 amide bonds. The SMILES string of the molecule is O=C(CSc1ccc([N+](=O)[O-])cc1)Nc1nc(-c2ccccc2Cl)cs1. The average molecular weight is 406 g/mol. The number of nitro benzene ring substituents is 1. The Kier molecular flexibility index (Phi) is 5.87. The van der Waals surface area contributed by atoms with Crippen LogP contribution in [0.5, 0.6) is 0 Å². The lowest BCUT2D eigenvalue weighted by molar-refractivity contribution is -0.384. The van der Waals surface area contributed by atoms with Gasteiger partial charge in [0.1, 0.15) is 0 Å². The minimum absolute atomic E-state index is 0.0219. The molecule has 0 saturated carbocycles. The normalized spacial score (nSPS) is 10.5. The van der Waals surface area contributed by atoms with Gasteiger partial charge >= 0.3 is 0 Å². The van der Waals surface area contributed by atoms with E-state index in [4.69, 9.17) is 11.6 Å². The molecule has 1 heterocycles. The molecule has 0 saturated heterocycles. The monoisotopic (exact) mass is 405 g/mol. The Labute approximate surface area is 162 Å². The van der Waals surface area contributed by atoms with Gasteiger partial charge in [0.05, 0.1) is 16.4 Å². The fourth-order valence-corrected chi connectivity index (χ4v) is 3.75. The van der Waals surface area contributed by atoms with Crippen LogP contribution in [0.3, 0.4) is 0 Å². The Morgan fingerprint density at radius 1 is 1.23 bits per heavy atom. The molecule has 0 bridgehead atoms. The van der Waals surface area contributed by atoms with E-state index >= 15 is 0 Å². The van der Waals surface area contributed by atoms with Crippen molar-refractivity contribution in [2.24, 2.45) is 0 Å². The number of rotatable bonds is 6. The van der Waals surface area contributed by atoms with E-state index in [1.54, 1.807) is 18.2 Å². The quantitative estimate of drug-likeness (QED) is 0.350. The van der Waals surface area contributed by atoms with Gasteiger partial charge in [-0.15, -0.1) is 23.1 Å². The molecule has 3 aromatic rings. The van der Waals surface area contributed by atoms with Crippen molar-refractivity contribution < 1.29 is 9.72 Å². The number of nitro groups is 1. The molecular formula is C17H12ClN3O3S2. The summed E-state index contributed by atoms with van der Waals surface area (Å²) in [5, 5.41) is 16.3. The number of non-ortho nitro benzene ring substituents is 1. The summed E-state index contributed by atoms with van der Waals surface area (Å²) in [4.78, 5) is 27.4. The fourth-order valence-electron chi connectivity index (χ4n) is 2.09. The van der Waals surface area contributed by atoms with Crippen LogP contribution in [-0.4, -0.2) is 21.6 Å². The van der Waals surface area contributed by atoms with Crippen LogP contribution < -0.4 is 5.32 Å². The lowest BCUT2D eigenvalue weighted by Gasteiger charge is -2.02. The molecule has 0 atom stereocenters. The largest absolute Gasteiger partial charge is 0.301 e. The van der Waals surface area contributed by atoms with Gasteiger partial charge in [0.15, 0.2) is 5.13 Å². The van der Waals surface area contributed by atoms with Crippen molar-refractivity contribution >= 4 is 51.4 Å². The van der Waals surface area contributed by atoms with E-state index in [1.165, 1.54) is 35.2 Å². The summed E-state index contributed by atoms with van der Waals surface area (Å²) in [7, 11) is 0. The van der Waals surface area contributed by atoms with Crippen molar-refractivity contribution in [1.82, 2.24) is 4.98 Å². The Balaban J connectivity index is 1.57. The minimum Gasteiger partial charge on any atom is -0.301 e. The van der Waals surface area contributed by atoms with E-state index in [0.717, 1.165) is 10.5 Å². The van der Waals surface area contributed by atoms with Gasteiger partial charge in [-0.2, -0.15) is 0 Å². The molecule has 0 spiro atoms. The maximum absolute atomic E-state index is 12.1. The zero-order valence-corrected chi connectivity index (χ0v) is 15.6. The van der Waals surface area contributed by atoms with E-state index in [0.29, 0.717) is 15.8 Å². The molecule has 132 valence electrons. The molecule has 0 aliphatic heterocycles. The summed E-state index contributed by atoms with van der Waals surface area (Å²) < 4.78 is 0. The number of anilines is 1. The summed E-state index contributed by atoms with van der Waals surface area (Å²) >= 11 is 8.77. The second kappa shape index (κ2) is 8.31. The van der Waals surface area contributed by atoms with Gasteiger partial charge in [-0.05, 0) is 18.2 Å². The third-order valence-corrected chi connectivity index (χ3v) is 5.42. The van der Waals surface area contributed by atoms with E-state index in [-0.39, 0.29) is 17.3 Å². The molecule has 6 nitrogen and oxygen atoms in total. The van der Waals surface area contributed by atoms with Gasteiger partial charge in [-0.1, -0.05) is 29.8 Å². The van der Waals surface area contributed by atoms with Crippen molar-refractivity contribution in [2.45, 2.75) is 4.90 Å². The number of thiazole rings is 1. The Bertz CT molecular complexity index is 944. The highest BCUT2D eigenvalue weighted by Gasteiger charge is 2.11. The topological polar surface area (TPSA) is 85.1 Å². The number of carbonyl (C=O) groups is 1. The predicted octanol–water partition coefficient (Wildman–Crippen LogP) is 5.10. The number of aromatic nitrogens is 1. The number of nitrogens with zero attached hydrogens (tertiary/aromatic N) is 2. The van der Waals surface area contributed by atoms with E-state index in [9.17, 15) is 14.9 Å². The molecule has 2 aromatic carbocycles. The van der Waals surface area contributed by atoms with Crippen LogP contribution in [-0.2, 0) is 4.79 Å². The standard InChI is InChI=1S/C17H12ClN3O3S2/c18-14-4-2-1-3-13(14)15-9-26-17(19-15)20-16(22)10-25-12-7-5-11(6-8-12)21(23)24/h1-9H,10H2,(H,19,20,22). The second-order valence-electron chi connectivity index (χ2n) is 5.11. The summed E-state index contributed by atoms with van der Waals surface area (Å²) in [6.07, 6.45) is 0. The van der Waals surface area contributed by atoms with Crippen molar-refractivity contribution in [3.63, 3.8) is 0 Å². The number of benzene rings is 2. The van der Waals surface area contributed by atoms with Crippen molar-refractivity contribution in [3.05, 3.63) is 69.0 Å². The van der Waals surface area contributed by atoms with Gasteiger partial charge in [0, 0.05) is 33.0 Å². The summed E-state index contributed by atoms with van der Waals surface area (Å²) in [5.41, 5.74) is 1.54. The number of nitrogens with one attached hydrogen (secondary N) is 1. The second-order valence-corrected chi connectivity index (χ2v) is 7.42. The van der Waals surface area contributed by atoms with Crippen LogP contribution >= 0.6 is 34.7 Å². The van der Waals surface area contributed by atoms with Gasteiger partial charge in [0.2, 0.25) is 5.91 Å². The first-order chi connectivity index (χ1) is 12.5. The predicted molar refractivity (Wildman–Crippen MR) is 105 cm³/mol. The number of thioether (sulfide) groups is 1. The molecule has 26 heavy (non-hydrogen) atoms. The van der Waals surface area contributed by atoms with Crippen molar-refractivity contribution in [2.75, 3.05) is 11.1 Å². The molecule has 0 radical (unpaired) electrons. The third-order valence-electron chi connectivity index (χ3n) is 3.32. The van der Waals surface area contributed by atoms with E-state index < -0.39 is 4.92 Å². The fraction of sp³-hybridized carbons (Fsp3) is 0.0588. The molecule has 1 N–H and O–H groups in total. The van der Waals surface area contributed by atoms with Crippen LogP contribution in [0, 0.1) is 10.1 Å². The number of carbonyl (C=O) groups excluding carboxylic acids is 1. The molecule has 0 aliphatic rings. The number of halogens is 1. The lowest BCUT2D eigenvalue weighted by Crippen LogP contribution is -2.13. The lowest BCUT2D eigenvalue weighted by atomic mass is 10.2. The maximum Gasteiger partial charge on any atom is 0.269 e. The maximum atomic E-state index is 12.1. The Morgan fingerprint density at radius 3 is 2.65 bits per heavy atom. The average Bonchev–Trinajstić information content (AvgIpc) is 3.09. The Hall–Kier alpha value is -2.42. The van der Waals surface area contributed by atoms with E-state index in [1.807, 2.05) is 23.6 Å². The smallest absolute Gasteiger partial charge is 0.269 e. The van der Waals surface area contributed by atoms with Gasteiger partial charge in [-0.3, -0.25) is 14.9 Å².